The number of piperazine rings is 1. The molecular formula is C20H19N5O2. The van der Waals surface area contributed by atoms with E-state index in [9.17, 15) is 9.90 Å². The van der Waals surface area contributed by atoms with Crippen LogP contribution in [0.2, 0.25) is 0 Å². The van der Waals surface area contributed by atoms with Crippen LogP contribution < -0.4 is 4.90 Å². The number of pyridine rings is 1. The van der Waals surface area contributed by atoms with Gasteiger partial charge in [0.15, 0.2) is 0 Å². The lowest BCUT2D eigenvalue weighted by Gasteiger charge is -2.39. The average molecular weight is 361 g/mol. The van der Waals surface area contributed by atoms with Gasteiger partial charge in [-0.2, -0.15) is 0 Å². The fourth-order valence-electron chi connectivity index (χ4n) is 4.23. The van der Waals surface area contributed by atoms with Gasteiger partial charge in [0.1, 0.15) is 0 Å². The van der Waals surface area contributed by atoms with E-state index in [-0.39, 0.29) is 12.1 Å². The number of likely N-dealkylation sites (tertiary alicyclic amines) is 1. The van der Waals surface area contributed by atoms with Gasteiger partial charge < -0.3 is 14.9 Å². The number of carbonyl (C=O) groups is 1. The Morgan fingerprint density at radius 3 is 2.63 bits per heavy atom. The van der Waals surface area contributed by atoms with Crippen molar-refractivity contribution >= 4 is 22.9 Å². The monoisotopic (exact) mass is 361 g/mol. The molecule has 0 radical (unpaired) electrons. The standard InChI is InChI=1S/C20H19N5O2/c26-20(27)24-11-15-5-6-16(12-24)25(15)19-21-8-7-18(23-19)14-9-13-3-1-2-4-17(13)22-10-14/h1-4,7-10,15-16H,5-6,11-12H2,(H,26,27). The maximum absolute atomic E-state index is 11.3. The van der Waals surface area contributed by atoms with Gasteiger partial charge in [0.25, 0.3) is 0 Å². The summed E-state index contributed by atoms with van der Waals surface area (Å²) in [4.78, 5) is 28.9. The fraction of sp³-hybridized carbons (Fsp3) is 0.300. The Balaban J connectivity index is 1.48. The summed E-state index contributed by atoms with van der Waals surface area (Å²) >= 11 is 0. The lowest BCUT2D eigenvalue weighted by atomic mass is 10.1. The third kappa shape index (κ3) is 2.75. The lowest BCUT2D eigenvalue weighted by molar-refractivity contribution is 0.133. The van der Waals surface area contributed by atoms with Crippen LogP contribution in [0.1, 0.15) is 12.8 Å². The third-order valence-corrected chi connectivity index (χ3v) is 5.51. The first-order chi connectivity index (χ1) is 13.2. The van der Waals surface area contributed by atoms with Crippen molar-refractivity contribution in [3.8, 4) is 11.3 Å². The van der Waals surface area contributed by atoms with Crippen molar-refractivity contribution in [3.05, 3.63) is 48.8 Å². The molecule has 2 bridgehead atoms. The molecule has 4 heterocycles. The number of hydrogen-bond acceptors (Lipinski definition) is 5. The minimum absolute atomic E-state index is 0.143. The molecule has 27 heavy (non-hydrogen) atoms. The minimum Gasteiger partial charge on any atom is -0.465 e. The quantitative estimate of drug-likeness (QED) is 0.755. The molecule has 2 aliphatic heterocycles. The van der Waals surface area contributed by atoms with Gasteiger partial charge >= 0.3 is 6.09 Å². The number of aromatic nitrogens is 3. The van der Waals surface area contributed by atoms with Crippen LogP contribution in [0.3, 0.4) is 0 Å². The van der Waals surface area contributed by atoms with Crippen LogP contribution in [0, 0.1) is 0 Å². The zero-order valence-electron chi connectivity index (χ0n) is 14.7. The molecule has 1 amide bonds. The van der Waals surface area contributed by atoms with Crippen molar-refractivity contribution in [3.63, 3.8) is 0 Å². The summed E-state index contributed by atoms with van der Waals surface area (Å²) in [6, 6.07) is 12.3. The van der Waals surface area contributed by atoms with Gasteiger partial charge in [0.2, 0.25) is 5.95 Å². The van der Waals surface area contributed by atoms with Crippen molar-refractivity contribution in [1.29, 1.82) is 0 Å². The number of hydrogen-bond donors (Lipinski definition) is 1. The summed E-state index contributed by atoms with van der Waals surface area (Å²) in [5.74, 6) is 0.679. The van der Waals surface area contributed by atoms with E-state index < -0.39 is 6.09 Å². The summed E-state index contributed by atoms with van der Waals surface area (Å²) in [5.41, 5.74) is 2.74. The Labute approximate surface area is 156 Å². The Bertz CT molecular complexity index is 1010. The molecule has 1 N–H and O–H groups in total. The third-order valence-electron chi connectivity index (χ3n) is 5.51. The molecule has 3 aromatic rings. The summed E-state index contributed by atoms with van der Waals surface area (Å²) in [7, 11) is 0. The molecule has 2 unspecified atom stereocenters. The number of para-hydroxylation sites is 1. The minimum atomic E-state index is -0.844. The van der Waals surface area contributed by atoms with E-state index in [1.807, 2.05) is 36.5 Å². The second kappa shape index (κ2) is 6.19. The van der Waals surface area contributed by atoms with Gasteiger partial charge in [-0.15, -0.1) is 0 Å². The second-order valence-electron chi connectivity index (χ2n) is 7.14. The van der Waals surface area contributed by atoms with Gasteiger partial charge in [-0.05, 0) is 31.0 Å². The van der Waals surface area contributed by atoms with Gasteiger partial charge in [-0.25, -0.2) is 14.8 Å². The van der Waals surface area contributed by atoms with E-state index in [1.54, 1.807) is 6.20 Å². The van der Waals surface area contributed by atoms with Crippen molar-refractivity contribution < 1.29 is 9.90 Å². The molecule has 2 aromatic heterocycles. The van der Waals surface area contributed by atoms with Gasteiger partial charge in [-0.3, -0.25) is 4.98 Å². The summed E-state index contributed by atoms with van der Waals surface area (Å²) < 4.78 is 0. The predicted octanol–water partition coefficient (Wildman–Crippen LogP) is 3.02. The second-order valence-corrected chi connectivity index (χ2v) is 7.14. The van der Waals surface area contributed by atoms with Crippen molar-refractivity contribution in [2.45, 2.75) is 24.9 Å². The molecule has 0 aliphatic carbocycles. The number of anilines is 1. The highest BCUT2D eigenvalue weighted by atomic mass is 16.4. The SMILES string of the molecule is O=C(O)N1CC2CCC(C1)N2c1nccc(-c2cnc3ccccc3c2)n1. The fourth-order valence-corrected chi connectivity index (χ4v) is 4.23. The van der Waals surface area contributed by atoms with Crippen LogP contribution >= 0.6 is 0 Å². The first-order valence-corrected chi connectivity index (χ1v) is 9.13. The molecule has 7 heteroatoms. The van der Waals surface area contributed by atoms with E-state index in [1.165, 1.54) is 4.90 Å². The van der Waals surface area contributed by atoms with E-state index in [0.29, 0.717) is 19.0 Å². The van der Waals surface area contributed by atoms with Crippen molar-refractivity contribution in [2.24, 2.45) is 0 Å². The van der Waals surface area contributed by atoms with E-state index >= 15 is 0 Å². The van der Waals surface area contributed by atoms with Gasteiger partial charge in [0, 0.05) is 36.4 Å². The van der Waals surface area contributed by atoms with E-state index in [0.717, 1.165) is 35.0 Å². The van der Waals surface area contributed by atoms with Crippen molar-refractivity contribution in [1.82, 2.24) is 19.9 Å². The molecule has 0 spiro atoms. The van der Waals surface area contributed by atoms with Crippen LogP contribution in [0.25, 0.3) is 22.2 Å². The molecule has 2 atom stereocenters. The maximum atomic E-state index is 11.3. The number of carboxylic acid groups (broad SMARTS) is 1. The Morgan fingerprint density at radius 1 is 1.07 bits per heavy atom. The number of amides is 1. The summed E-state index contributed by atoms with van der Waals surface area (Å²) in [6.07, 6.45) is 4.71. The lowest BCUT2D eigenvalue weighted by Crippen LogP contribution is -2.55. The molecule has 1 aromatic carbocycles. The molecule has 0 saturated carbocycles. The predicted molar refractivity (Wildman–Crippen MR) is 102 cm³/mol. The Kier molecular flexibility index (Phi) is 3.67. The highest BCUT2D eigenvalue weighted by molar-refractivity contribution is 5.82. The largest absolute Gasteiger partial charge is 0.465 e. The molecular weight excluding hydrogens is 342 g/mol. The molecule has 2 aliphatic rings. The normalized spacial score (nSPS) is 21.6. The maximum Gasteiger partial charge on any atom is 0.407 e. The summed E-state index contributed by atoms with van der Waals surface area (Å²) in [6.45, 7) is 1.02. The van der Waals surface area contributed by atoms with Crippen LogP contribution in [0.5, 0.6) is 0 Å². The highest BCUT2D eigenvalue weighted by Crippen LogP contribution is 2.34. The number of benzene rings is 1. The topological polar surface area (TPSA) is 82.5 Å². The Hall–Kier alpha value is -3.22. The Morgan fingerprint density at radius 2 is 1.85 bits per heavy atom. The molecule has 5 rings (SSSR count). The van der Waals surface area contributed by atoms with E-state index in [2.05, 4.69) is 20.9 Å². The molecule has 136 valence electrons. The zero-order valence-corrected chi connectivity index (χ0v) is 14.7. The number of nitrogens with zero attached hydrogens (tertiary/aromatic N) is 5. The number of fused-ring (bicyclic) bond motifs is 3. The zero-order chi connectivity index (χ0) is 18.4. The van der Waals surface area contributed by atoms with Crippen LogP contribution in [0.15, 0.2) is 48.8 Å². The first-order valence-electron chi connectivity index (χ1n) is 9.13. The molecule has 2 fully saturated rings. The first kappa shape index (κ1) is 16.0. The molecule has 2 saturated heterocycles. The number of rotatable bonds is 2. The van der Waals surface area contributed by atoms with Crippen LogP contribution in [-0.2, 0) is 0 Å². The highest BCUT2D eigenvalue weighted by Gasteiger charge is 2.42. The van der Waals surface area contributed by atoms with Crippen molar-refractivity contribution in [2.75, 3.05) is 18.0 Å². The summed E-state index contributed by atoms with van der Waals surface area (Å²) in [5, 5.41) is 10.4. The van der Waals surface area contributed by atoms with Crippen LogP contribution in [-0.4, -0.2) is 56.2 Å². The molecule has 7 nitrogen and oxygen atoms in total. The van der Waals surface area contributed by atoms with E-state index in [4.69, 9.17) is 4.98 Å². The average Bonchev–Trinajstić information content (AvgIpc) is 2.97. The van der Waals surface area contributed by atoms with Gasteiger partial charge in [-0.1, -0.05) is 18.2 Å². The van der Waals surface area contributed by atoms with Crippen LogP contribution in [0.4, 0.5) is 10.7 Å². The van der Waals surface area contributed by atoms with Gasteiger partial charge in [0.05, 0.1) is 23.3 Å². The smallest absolute Gasteiger partial charge is 0.407 e.